The van der Waals surface area contributed by atoms with Gasteiger partial charge < -0.3 is 20.6 Å². The van der Waals surface area contributed by atoms with Crippen LogP contribution >= 0.6 is 0 Å². The first kappa shape index (κ1) is 18.9. The molecular formula is C14H29N3O3. The third-order valence-corrected chi connectivity index (χ3v) is 2.64. The molecule has 0 saturated carbocycles. The van der Waals surface area contributed by atoms with Gasteiger partial charge in [-0.15, -0.1) is 0 Å². The summed E-state index contributed by atoms with van der Waals surface area (Å²) in [5.74, 6) is -0.261. The van der Waals surface area contributed by atoms with Gasteiger partial charge in [-0.3, -0.25) is 9.59 Å². The Labute approximate surface area is 121 Å². The van der Waals surface area contributed by atoms with Crippen molar-refractivity contribution >= 4 is 11.8 Å². The Hall–Kier alpha value is -1.14. The fraction of sp³-hybridized carbons (Fsp3) is 0.857. The van der Waals surface area contributed by atoms with E-state index in [2.05, 4.69) is 10.6 Å². The Morgan fingerprint density at radius 3 is 2.10 bits per heavy atom. The molecule has 0 rings (SSSR count). The number of aliphatic hydroxyl groups is 1. The Kier molecular flexibility index (Phi) is 7.16. The van der Waals surface area contributed by atoms with E-state index in [0.29, 0.717) is 13.1 Å². The lowest BCUT2D eigenvalue weighted by Gasteiger charge is -2.27. The monoisotopic (exact) mass is 287 g/mol. The third kappa shape index (κ3) is 8.87. The van der Waals surface area contributed by atoms with E-state index in [1.807, 2.05) is 39.8 Å². The fourth-order valence-electron chi connectivity index (χ4n) is 1.67. The molecule has 0 aromatic heterocycles. The van der Waals surface area contributed by atoms with E-state index in [4.69, 9.17) is 0 Å². The number of rotatable bonds is 7. The molecule has 0 heterocycles. The predicted molar refractivity (Wildman–Crippen MR) is 79.3 cm³/mol. The molecule has 2 amide bonds. The maximum Gasteiger partial charge on any atom is 0.225 e. The molecule has 0 aliphatic heterocycles. The molecule has 0 saturated heterocycles. The summed E-state index contributed by atoms with van der Waals surface area (Å²) >= 11 is 0. The lowest BCUT2D eigenvalue weighted by molar-refractivity contribution is -0.128. The van der Waals surface area contributed by atoms with Crippen LogP contribution < -0.4 is 10.6 Å². The zero-order valence-electron chi connectivity index (χ0n) is 13.5. The second kappa shape index (κ2) is 7.59. The van der Waals surface area contributed by atoms with E-state index in [1.165, 1.54) is 0 Å². The first-order valence-corrected chi connectivity index (χ1v) is 6.86. The summed E-state index contributed by atoms with van der Waals surface area (Å²) in [5.41, 5.74) is -1.42. The molecule has 0 fully saturated rings. The minimum absolute atomic E-state index is 0.0788. The highest BCUT2D eigenvalue weighted by atomic mass is 16.3. The lowest BCUT2D eigenvalue weighted by atomic mass is 9.96. The Bertz CT molecular complexity index is 333. The zero-order chi connectivity index (χ0) is 16.0. The van der Waals surface area contributed by atoms with Gasteiger partial charge in [0, 0.05) is 31.5 Å². The summed E-state index contributed by atoms with van der Waals surface area (Å²) in [6.07, 6.45) is 0.208. The molecule has 6 heteroatoms. The van der Waals surface area contributed by atoms with Crippen LogP contribution in [0.3, 0.4) is 0 Å². The first-order valence-electron chi connectivity index (χ1n) is 6.86. The number of nitrogens with one attached hydrogen (secondary N) is 2. The van der Waals surface area contributed by atoms with E-state index in [-0.39, 0.29) is 24.8 Å². The van der Waals surface area contributed by atoms with Crippen LogP contribution in [-0.4, -0.2) is 61.2 Å². The largest absolute Gasteiger partial charge is 0.387 e. The van der Waals surface area contributed by atoms with Crippen LogP contribution in [0.25, 0.3) is 0 Å². The van der Waals surface area contributed by atoms with Gasteiger partial charge in [0.1, 0.15) is 0 Å². The second-order valence-corrected chi connectivity index (χ2v) is 6.77. The first-order chi connectivity index (χ1) is 8.94. The molecule has 1 atom stereocenters. The van der Waals surface area contributed by atoms with Crippen molar-refractivity contribution in [3.8, 4) is 0 Å². The van der Waals surface area contributed by atoms with Crippen LogP contribution in [0.1, 0.15) is 34.1 Å². The van der Waals surface area contributed by atoms with Crippen molar-refractivity contribution in [2.75, 3.05) is 33.7 Å². The number of carbonyl (C=O) groups is 2. The quantitative estimate of drug-likeness (QED) is 0.614. The fourth-order valence-corrected chi connectivity index (χ4v) is 1.67. The normalized spacial score (nSPS) is 14.8. The van der Waals surface area contributed by atoms with Crippen LogP contribution in [0.15, 0.2) is 0 Å². The number of nitrogens with zero attached hydrogens (tertiary/aromatic N) is 1. The number of amides is 2. The topological polar surface area (TPSA) is 81.7 Å². The second-order valence-electron chi connectivity index (χ2n) is 6.77. The number of likely N-dealkylation sites (N-methyl/N-ethyl adjacent to an activating group) is 1. The molecule has 0 aromatic carbocycles. The van der Waals surface area contributed by atoms with E-state index in [1.54, 1.807) is 6.92 Å². The van der Waals surface area contributed by atoms with Gasteiger partial charge in [-0.05, 0) is 21.0 Å². The smallest absolute Gasteiger partial charge is 0.225 e. The van der Waals surface area contributed by atoms with Crippen molar-refractivity contribution in [1.82, 2.24) is 15.5 Å². The number of hydrogen-bond acceptors (Lipinski definition) is 4. The Balaban J connectivity index is 3.94. The summed E-state index contributed by atoms with van der Waals surface area (Å²) in [6, 6.07) is 0. The van der Waals surface area contributed by atoms with Gasteiger partial charge in [0.15, 0.2) is 0 Å². The highest BCUT2D eigenvalue weighted by molar-refractivity contribution is 5.82. The lowest BCUT2D eigenvalue weighted by Crippen LogP contribution is -2.47. The van der Waals surface area contributed by atoms with Crippen molar-refractivity contribution < 1.29 is 14.7 Å². The van der Waals surface area contributed by atoms with Gasteiger partial charge in [0.2, 0.25) is 11.8 Å². The van der Waals surface area contributed by atoms with Crippen LogP contribution in [0.5, 0.6) is 0 Å². The molecule has 0 aromatic rings. The SMILES string of the molecule is CN(C)CC(C)(O)CNC(=O)CCNC(=O)C(C)(C)C. The summed E-state index contributed by atoms with van der Waals surface area (Å²) in [5, 5.41) is 15.4. The molecule has 20 heavy (non-hydrogen) atoms. The molecule has 3 N–H and O–H groups in total. The van der Waals surface area contributed by atoms with Crippen molar-refractivity contribution in [2.45, 2.75) is 39.7 Å². The summed E-state index contributed by atoms with van der Waals surface area (Å²) in [6.45, 7) is 8.10. The maximum absolute atomic E-state index is 11.6. The van der Waals surface area contributed by atoms with Gasteiger partial charge in [-0.2, -0.15) is 0 Å². The van der Waals surface area contributed by atoms with Gasteiger partial charge in [0.25, 0.3) is 0 Å². The third-order valence-electron chi connectivity index (χ3n) is 2.64. The average molecular weight is 287 g/mol. The minimum Gasteiger partial charge on any atom is -0.387 e. The van der Waals surface area contributed by atoms with Gasteiger partial charge in [0.05, 0.1) is 5.60 Å². The van der Waals surface area contributed by atoms with E-state index in [0.717, 1.165) is 0 Å². The van der Waals surface area contributed by atoms with Gasteiger partial charge in [-0.25, -0.2) is 0 Å². The van der Waals surface area contributed by atoms with Crippen LogP contribution in [0.4, 0.5) is 0 Å². The van der Waals surface area contributed by atoms with Gasteiger partial charge >= 0.3 is 0 Å². The molecule has 0 aliphatic rings. The molecular weight excluding hydrogens is 258 g/mol. The van der Waals surface area contributed by atoms with E-state index < -0.39 is 11.0 Å². The van der Waals surface area contributed by atoms with Crippen LogP contribution in [0.2, 0.25) is 0 Å². The maximum atomic E-state index is 11.6. The molecule has 0 spiro atoms. The predicted octanol–water partition coefficient (Wildman–Crippen LogP) is -0.0324. The summed E-state index contributed by atoms with van der Waals surface area (Å²) in [7, 11) is 3.72. The molecule has 0 bridgehead atoms. The van der Waals surface area contributed by atoms with Crippen LogP contribution in [0, 0.1) is 5.41 Å². The van der Waals surface area contributed by atoms with Gasteiger partial charge in [-0.1, -0.05) is 20.8 Å². The van der Waals surface area contributed by atoms with Crippen molar-refractivity contribution in [2.24, 2.45) is 5.41 Å². The molecule has 6 nitrogen and oxygen atoms in total. The standard InChI is InChI=1S/C14H29N3O3/c1-13(2,3)12(19)15-8-7-11(18)16-9-14(4,20)10-17(5)6/h20H,7-10H2,1-6H3,(H,15,19)(H,16,18). The molecule has 118 valence electrons. The summed E-state index contributed by atoms with van der Waals surface area (Å²) in [4.78, 5) is 25.1. The van der Waals surface area contributed by atoms with Crippen LogP contribution in [-0.2, 0) is 9.59 Å². The highest BCUT2D eigenvalue weighted by Gasteiger charge is 2.23. The van der Waals surface area contributed by atoms with Crippen molar-refractivity contribution in [1.29, 1.82) is 0 Å². The minimum atomic E-state index is -0.964. The number of carbonyl (C=O) groups excluding carboxylic acids is 2. The highest BCUT2D eigenvalue weighted by Crippen LogP contribution is 2.12. The molecule has 0 aliphatic carbocycles. The Morgan fingerprint density at radius 2 is 1.65 bits per heavy atom. The van der Waals surface area contributed by atoms with Crippen molar-refractivity contribution in [3.05, 3.63) is 0 Å². The average Bonchev–Trinajstić information content (AvgIpc) is 2.23. The Morgan fingerprint density at radius 1 is 1.10 bits per heavy atom. The zero-order valence-corrected chi connectivity index (χ0v) is 13.5. The van der Waals surface area contributed by atoms with E-state index >= 15 is 0 Å². The molecule has 0 radical (unpaired) electrons. The summed E-state index contributed by atoms with van der Waals surface area (Å²) < 4.78 is 0. The number of hydrogen-bond donors (Lipinski definition) is 3. The van der Waals surface area contributed by atoms with Crippen molar-refractivity contribution in [3.63, 3.8) is 0 Å². The molecule has 1 unspecified atom stereocenters. The van der Waals surface area contributed by atoms with E-state index in [9.17, 15) is 14.7 Å².